The molecule has 0 atom stereocenters. The van der Waals surface area contributed by atoms with Crippen molar-refractivity contribution in [2.45, 2.75) is 56.2 Å². The van der Waals surface area contributed by atoms with Gasteiger partial charge in [-0.2, -0.15) is 0 Å². The van der Waals surface area contributed by atoms with Crippen LogP contribution in [-0.4, -0.2) is 18.6 Å². The summed E-state index contributed by atoms with van der Waals surface area (Å²) in [6.45, 7) is 9.03. The van der Waals surface area contributed by atoms with Gasteiger partial charge in [-0.05, 0) is 49.4 Å². The van der Waals surface area contributed by atoms with Gasteiger partial charge in [0.15, 0.2) is 23.3 Å². The van der Waals surface area contributed by atoms with Gasteiger partial charge in [-0.15, -0.1) is 0 Å². The van der Waals surface area contributed by atoms with Crippen molar-refractivity contribution in [3.8, 4) is 22.6 Å². The monoisotopic (exact) mass is 540 g/mol. The molecule has 10 heteroatoms. The molecule has 0 unspecified atom stereocenters. The van der Waals surface area contributed by atoms with E-state index in [-0.39, 0.29) is 23.1 Å². The highest BCUT2D eigenvalue weighted by Gasteiger charge is 2.38. The highest BCUT2D eigenvalue weighted by molar-refractivity contribution is 7.91. The molecule has 3 rings (SSSR count). The molecule has 0 aromatic heterocycles. The molecular formula is C27H25F5O4S. The van der Waals surface area contributed by atoms with E-state index >= 15 is 0 Å². The lowest BCUT2D eigenvalue weighted by Crippen LogP contribution is -2.15. The third-order valence-electron chi connectivity index (χ3n) is 5.97. The largest absolute Gasteiger partial charge is 0.507 e. The number of phenolic OH excluding ortho intramolecular Hbond substituents is 2. The van der Waals surface area contributed by atoms with E-state index in [9.17, 15) is 40.6 Å². The molecule has 0 saturated carbocycles. The van der Waals surface area contributed by atoms with Crippen molar-refractivity contribution in [3.05, 3.63) is 76.6 Å². The number of aromatic hydroxyl groups is 2. The molecule has 3 aromatic carbocycles. The average Bonchev–Trinajstić information content (AvgIpc) is 2.81. The van der Waals surface area contributed by atoms with Crippen LogP contribution in [0.15, 0.2) is 40.6 Å². The zero-order valence-electron chi connectivity index (χ0n) is 20.4. The van der Waals surface area contributed by atoms with E-state index in [0.717, 1.165) is 6.07 Å². The zero-order valence-corrected chi connectivity index (χ0v) is 21.2. The predicted octanol–water partition coefficient (Wildman–Crippen LogP) is 7.37. The summed E-state index contributed by atoms with van der Waals surface area (Å²) in [4.78, 5) is -3.13. The van der Waals surface area contributed by atoms with Gasteiger partial charge in [0.05, 0.1) is 5.56 Å². The minimum Gasteiger partial charge on any atom is -0.507 e. The fourth-order valence-corrected chi connectivity index (χ4v) is 5.88. The molecule has 4 nitrogen and oxygen atoms in total. The van der Waals surface area contributed by atoms with E-state index in [1.54, 1.807) is 26.0 Å². The second-order valence-corrected chi connectivity index (χ2v) is 10.6. The Labute approximate surface area is 211 Å². The number of rotatable bonds is 8. The number of allylic oxidation sites excluding steroid dienone is 1. The Kier molecular flexibility index (Phi) is 8.02. The number of aryl methyl sites for hydroxylation is 2. The van der Waals surface area contributed by atoms with Crippen LogP contribution in [0.2, 0.25) is 0 Å². The number of benzene rings is 3. The summed E-state index contributed by atoms with van der Waals surface area (Å²) in [5.74, 6) is -14.1. The number of sulfone groups is 1. The van der Waals surface area contributed by atoms with Crippen molar-refractivity contribution in [1.29, 1.82) is 0 Å². The lowest BCUT2D eigenvalue weighted by atomic mass is 9.91. The van der Waals surface area contributed by atoms with Crippen molar-refractivity contribution >= 4 is 15.4 Å². The Hall–Kier alpha value is -3.40. The first kappa shape index (κ1) is 28.2. The third kappa shape index (κ3) is 4.94. The second kappa shape index (κ2) is 10.5. The van der Waals surface area contributed by atoms with Gasteiger partial charge in [0.1, 0.15) is 21.3 Å². The molecule has 0 radical (unpaired) electrons. The fourth-order valence-electron chi connectivity index (χ4n) is 4.17. The normalized spacial score (nSPS) is 11.7. The maximum atomic E-state index is 14.6. The van der Waals surface area contributed by atoms with Crippen molar-refractivity contribution in [3.63, 3.8) is 0 Å². The van der Waals surface area contributed by atoms with Crippen LogP contribution in [0.3, 0.4) is 0 Å². The predicted molar refractivity (Wildman–Crippen MR) is 130 cm³/mol. The average molecular weight is 541 g/mol. The highest BCUT2D eigenvalue weighted by Crippen LogP contribution is 2.48. The summed E-state index contributed by atoms with van der Waals surface area (Å²) in [5.41, 5.74) is 1.12. The van der Waals surface area contributed by atoms with E-state index in [0.29, 0.717) is 36.0 Å². The Morgan fingerprint density at radius 1 is 0.892 bits per heavy atom. The van der Waals surface area contributed by atoms with Crippen LogP contribution in [-0.2, 0) is 16.3 Å². The summed E-state index contributed by atoms with van der Waals surface area (Å²) in [6, 6.07) is 5.89. The Bertz CT molecular complexity index is 1490. The van der Waals surface area contributed by atoms with Gasteiger partial charge in [-0.1, -0.05) is 55.7 Å². The van der Waals surface area contributed by atoms with E-state index in [1.807, 2.05) is 6.92 Å². The molecule has 0 fully saturated rings. The number of hydrogen-bond acceptors (Lipinski definition) is 4. The van der Waals surface area contributed by atoms with E-state index < -0.39 is 60.2 Å². The smallest absolute Gasteiger partial charge is 0.216 e. The highest BCUT2D eigenvalue weighted by atomic mass is 32.2. The van der Waals surface area contributed by atoms with Gasteiger partial charge in [-0.25, -0.2) is 30.4 Å². The zero-order chi connectivity index (χ0) is 27.8. The van der Waals surface area contributed by atoms with Crippen molar-refractivity contribution in [2.75, 3.05) is 0 Å². The summed E-state index contributed by atoms with van der Waals surface area (Å²) < 4.78 is 97.9. The Morgan fingerprint density at radius 2 is 1.46 bits per heavy atom. The maximum absolute atomic E-state index is 14.6. The molecule has 0 aliphatic carbocycles. The molecule has 0 heterocycles. The van der Waals surface area contributed by atoms with Crippen LogP contribution in [0.1, 0.15) is 49.8 Å². The summed E-state index contributed by atoms with van der Waals surface area (Å²) in [6.07, 6.45) is 1.60. The van der Waals surface area contributed by atoms with Gasteiger partial charge >= 0.3 is 0 Å². The van der Waals surface area contributed by atoms with Crippen LogP contribution in [0.5, 0.6) is 11.5 Å². The molecule has 0 bridgehead atoms. The molecular weight excluding hydrogens is 515 g/mol. The topological polar surface area (TPSA) is 74.6 Å². The van der Waals surface area contributed by atoms with Crippen LogP contribution in [0, 0.1) is 36.0 Å². The minimum absolute atomic E-state index is 0.0691. The molecule has 0 spiro atoms. The summed E-state index contributed by atoms with van der Waals surface area (Å²) in [5, 5.41) is 22.1. The van der Waals surface area contributed by atoms with Crippen LogP contribution >= 0.6 is 0 Å². The first-order valence-corrected chi connectivity index (χ1v) is 12.8. The van der Waals surface area contributed by atoms with Crippen LogP contribution < -0.4 is 0 Å². The summed E-state index contributed by atoms with van der Waals surface area (Å²) in [7, 11) is -5.53. The SMILES string of the molecule is C=C(C)c1ccc(C)cc1-c1c(O)cc(CCCCC)c(S(=O)(=O)c2c(F)c(F)c(F)c(F)c2F)c1O. The Morgan fingerprint density at radius 3 is 2.00 bits per heavy atom. The molecule has 0 amide bonds. The minimum atomic E-state index is -5.53. The lowest BCUT2D eigenvalue weighted by Gasteiger charge is -2.20. The lowest BCUT2D eigenvalue weighted by molar-refractivity contribution is 0.357. The molecule has 2 N–H and O–H groups in total. The molecule has 0 saturated heterocycles. The second-order valence-electron chi connectivity index (χ2n) is 8.80. The molecule has 0 aliphatic rings. The van der Waals surface area contributed by atoms with Gasteiger partial charge in [0, 0.05) is 0 Å². The number of halogens is 5. The van der Waals surface area contributed by atoms with Gasteiger partial charge < -0.3 is 10.2 Å². The first-order chi connectivity index (χ1) is 17.2. The molecule has 3 aromatic rings. The van der Waals surface area contributed by atoms with E-state index in [4.69, 9.17) is 0 Å². The van der Waals surface area contributed by atoms with Crippen molar-refractivity contribution < 1.29 is 40.6 Å². The van der Waals surface area contributed by atoms with Gasteiger partial charge in [-0.3, -0.25) is 0 Å². The van der Waals surface area contributed by atoms with Crippen LogP contribution in [0.4, 0.5) is 22.0 Å². The fraction of sp³-hybridized carbons (Fsp3) is 0.259. The number of unbranched alkanes of at least 4 members (excludes halogenated alkanes) is 2. The quantitative estimate of drug-likeness (QED) is 0.103. The molecule has 198 valence electrons. The van der Waals surface area contributed by atoms with E-state index in [2.05, 4.69) is 6.58 Å². The van der Waals surface area contributed by atoms with Crippen molar-refractivity contribution in [2.24, 2.45) is 0 Å². The molecule has 37 heavy (non-hydrogen) atoms. The third-order valence-corrected chi connectivity index (χ3v) is 7.86. The van der Waals surface area contributed by atoms with E-state index in [1.165, 1.54) is 6.07 Å². The molecule has 0 aliphatic heterocycles. The summed E-state index contributed by atoms with van der Waals surface area (Å²) >= 11 is 0. The number of phenols is 2. The van der Waals surface area contributed by atoms with Crippen molar-refractivity contribution in [1.82, 2.24) is 0 Å². The first-order valence-electron chi connectivity index (χ1n) is 11.4. The van der Waals surface area contributed by atoms with Gasteiger partial charge in [0.2, 0.25) is 15.7 Å². The standard InChI is InChI=1S/C27H25F5O4S/c1-5-6-7-8-15-12-18(33)19(17-11-14(4)9-10-16(17)13(2)3)25(34)26(15)37(35,36)27-23(31)21(29)20(28)22(30)24(27)32/h9-12,33-34H,2,5-8H2,1,3-4H3. The Balaban J connectivity index is 2.48. The maximum Gasteiger partial charge on any atom is 0.216 e. The number of hydrogen-bond donors (Lipinski definition) is 2. The van der Waals surface area contributed by atoms with Crippen LogP contribution in [0.25, 0.3) is 16.7 Å². The van der Waals surface area contributed by atoms with Gasteiger partial charge in [0.25, 0.3) is 0 Å².